The number of aromatic nitrogens is 2. The van der Waals surface area contributed by atoms with E-state index in [1.54, 1.807) is 20.0 Å². The Morgan fingerprint density at radius 2 is 1.92 bits per heavy atom. The fourth-order valence-electron chi connectivity index (χ4n) is 2.30. The molecular formula is C17H24N4O3S. The zero-order valence-electron chi connectivity index (χ0n) is 14.7. The first kappa shape index (κ1) is 19.1. The van der Waals surface area contributed by atoms with E-state index in [9.17, 15) is 13.2 Å². The molecule has 1 amide bonds. The number of aryl methyl sites for hydroxylation is 2. The van der Waals surface area contributed by atoms with Crippen molar-refractivity contribution in [3.63, 3.8) is 0 Å². The van der Waals surface area contributed by atoms with Gasteiger partial charge in [0.1, 0.15) is 0 Å². The van der Waals surface area contributed by atoms with Crippen LogP contribution in [0.2, 0.25) is 0 Å². The predicted octanol–water partition coefficient (Wildman–Crippen LogP) is 1.70. The van der Waals surface area contributed by atoms with E-state index >= 15 is 0 Å². The third-order valence-electron chi connectivity index (χ3n) is 3.43. The monoisotopic (exact) mass is 364 g/mol. The van der Waals surface area contributed by atoms with Crippen LogP contribution in [0.1, 0.15) is 36.2 Å². The predicted molar refractivity (Wildman–Crippen MR) is 95.8 cm³/mol. The molecule has 0 saturated carbocycles. The first-order valence-electron chi connectivity index (χ1n) is 8.17. The van der Waals surface area contributed by atoms with Gasteiger partial charge in [0.15, 0.2) is 0 Å². The van der Waals surface area contributed by atoms with Crippen LogP contribution >= 0.6 is 0 Å². The molecule has 0 radical (unpaired) electrons. The second-order valence-corrected chi connectivity index (χ2v) is 7.90. The Balaban J connectivity index is 1.85. The molecular weight excluding hydrogens is 340 g/mol. The van der Waals surface area contributed by atoms with Crippen LogP contribution in [0.5, 0.6) is 0 Å². The minimum absolute atomic E-state index is 0.145. The summed E-state index contributed by atoms with van der Waals surface area (Å²) < 4.78 is 28.4. The van der Waals surface area contributed by atoms with E-state index in [1.165, 1.54) is 24.3 Å². The van der Waals surface area contributed by atoms with Gasteiger partial charge in [-0.2, -0.15) is 5.10 Å². The van der Waals surface area contributed by atoms with Crippen molar-refractivity contribution in [1.29, 1.82) is 0 Å². The Morgan fingerprint density at radius 3 is 2.48 bits per heavy atom. The summed E-state index contributed by atoms with van der Waals surface area (Å²) in [5.74, 6) is -0.225. The van der Waals surface area contributed by atoms with Crippen molar-refractivity contribution in [2.24, 2.45) is 0 Å². The molecule has 8 heteroatoms. The summed E-state index contributed by atoms with van der Waals surface area (Å²) in [6.07, 6.45) is 4.51. The van der Waals surface area contributed by atoms with E-state index in [-0.39, 0.29) is 16.8 Å². The molecule has 0 aliphatic carbocycles. The highest BCUT2D eigenvalue weighted by atomic mass is 32.2. The van der Waals surface area contributed by atoms with Gasteiger partial charge < -0.3 is 5.32 Å². The molecule has 2 N–H and O–H groups in total. The topological polar surface area (TPSA) is 93.1 Å². The summed E-state index contributed by atoms with van der Waals surface area (Å²) in [7, 11) is -3.54. The first-order chi connectivity index (χ1) is 11.8. The number of nitrogens with zero attached hydrogens (tertiary/aromatic N) is 2. The van der Waals surface area contributed by atoms with Gasteiger partial charge in [0, 0.05) is 30.9 Å². The summed E-state index contributed by atoms with van der Waals surface area (Å²) in [6, 6.07) is 5.71. The molecule has 1 heterocycles. The lowest BCUT2D eigenvalue weighted by Gasteiger charge is -2.10. The number of nitrogens with one attached hydrogen (secondary N) is 2. The average Bonchev–Trinajstić information content (AvgIpc) is 2.96. The van der Waals surface area contributed by atoms with Gasteiger partial charge in [0.25, 0.3) is 5.91 Å². The zero-order valence-corrected chi connectivity index (χ0v) is 15.5. The van der Waals surface area contributed by atoms with Crippen molar-refractivity contribution in [2.45, 2.75) is 44.7 Å². The maximum Gasteiger partial charge on any atom is 0.251 e. The number of benzene rings is 1. The summed E-state index contributed by atoms with van der Waals surface area (Å²) in [5, 5.41) is 7.01. The minimum Gasteiger partial charge on any atom is -0.352 e. The van der Waals surface area contributed by atoms with Crippen molar-refractivity contribution in [3.05, 3.63) is 47.8 Å². The van der Waals surface area contributed by atoms with Gasteiger partial charge in [0.05, 0.1) is 11.1 Å². The number of carbonyl (C=O) groups is 1. The molecule has 0 aliphatic heterocycles. The van der Waals surface area contributed by atoms with Crippen LogP contribution in [0.25, 0.3) is 0 Å². The van der Waals surface area contributed by atoms with Crippen LogP contribution in [-0.4, -0.2) is 36.7 Å². The molecule has 0 bridgehead atoms. The SMILES string of the molecule is Cc1cnn(CCCNC(=O)c2ccc(S(=O)(=O)NC(C)C)cc2)c1. The molecule has 136 valence electrons. The van der Waals surface area contributed by atoms with E-state index in [0.29, 0.717) is 12.1 Å². The standard InChI is InChI=1S/C17H24N4O3S/c1-13(2)20-25(23,24)16-7-5-15(6-8-16)17(22)18-9-4-10-21-12-14(3)11-19-21/h5-8,11-13,20H,4,9-10H2,1-3H3,(H,18,22). The Morgan fingerprint density at radius 1 is 1.24 bits per heavy atom. The van der Waals surface area contributed by atoms with Crippen LogP contribution in [0, 0.1) is 6.92 Å². The Kier molecular flexibility index (Phi) is 6.33. The molecule has 0 atom stereocenters. The molecule has 25 heavy (non-hydrogen) atoms. The zero-order chi connectivity index (χ0) is 18.4. The number of hydrogen-bond donors (Lipinski definition) is 2. The molecule has 1 aromatic heterocycles. The van der Waals surface area contributed by atoms with Gasteiger partial charge in [-0.05, 0) is 57.0 Å². The van der Waals surface area contributed by atoms with Crippen LogP contribution in [-0.2, 0) is 16.6 Å². The fourth-order valence-corrected chi connectivity index (χ4v) is 3.55. The maximum atomic E-state index is 12.1. The van der Waals surface area contributed by atoms with E-state index in [1.807, 2.05) is 17.8 Å². The van der Waals surface area contributed by atoms with Crippen LogP contribution < -0.4 is 10.0 Å². The molecule has 2 aromatic rings. The molecule has 0 fully saturated rings. The van der Waals surface area contributed by atoms with Gasteiger partial charge >= 0.3 is 0 Å². The number of sulfonamides is 1. The summed E-state index contributed by atoms with van der Waals surface area (Å²) in [4.78, 5) is 12.2. The molecule has 1 aromatic carbocycles. The van der Waals surface area contributed by atoms with Crippen molar-refractivity contribution in [2.75, 3.05) is 6.54 Å². The fraction of sp³-hybridized carbons (Fsp3) is 0.412. The van der Waals surface area contributed by atoms with Crippen LogP contribution in [0.15, 0.2) is 41.6 Å². The quantitative estimate of drug-likeness (QED) is 0.697. The Bertz CT molecular complexity index is 811. The number of carbonyl (C=O) groups excluding carboxylic acids is 1. The van der Waals surface area contributed by atoms with E-state index in [0.717, 1.165) is 18.5 Å². The van der Waals surface area contributed by atoms with E-state index in [4.69, 9.17) is 0 Å². The minimum atomic E-state index is -3.54. The second kappa shape index (κ2) is 8.26. The van der Waals surface area contributed by atoms with Crippen molar-refractivity contribution < 1.29 is 13.2 Å². The third kappa shape index (κ3) is 5.68. The third-order valence-corrected chi connectivity index (χ3v) is 5.10. The highest BCUT2D eigenvalue weighted by molar-refractivity contribution is 7.89. The Labute approximate surface area is 148 Å². The number of rotatable bonds is 8. The second-order valence-electron chi connectivity index (χ2n) is 6.19. The molecule has 0 unspecified atom stereocenters. The largest absolute Gasteiger partial charge is 0.352 e. The van der Waals surface area contributed by atoms with Crippen LogP contribution in [0.4, 0.5) is 0 Å². The molecule has 0 spiro atoms. The van der Waals surface area contributed by atoms with Gasteiger partial charge in [-0.25, -0.2) is 13.1 Å². The molecule has 0 aliphatic rings. The molecule has 2 rings (SSSR count). The lowest BCUT2D eigenvalue weighted by atomic mass is 10.2. The highest BCUT2D eigenvalue weighted by Crippen LogP contribution is 2.11. The van der Waals surface area contributed by atoms with Crippen molar-refractivity contribution in [1.82, 2.24) is 19.8 Å². The highest BCUT2D eigenvalue weighted by Gasteiger charge is 2.15. The summed E-state index contributed by atoms with van der Waals surface area (Å²) >= 11 is 0. The van der Waals surface area contributed by atoms with Crippen molar-refractivity contribution >= 4 is 15.9 Å². The average molecular weight is 364 g/mol. The van der Waals surface area contributed by atoms with E-state index in [2.05, 4.69) is 15.1 Å². The summed E-state index contributed by atoms with van der Waals surface area (Å²) in [5.41, 5.74) is 1.53. The van der Waals surface area contributed by atoms with E-state index < -0.39 is 10.0 Å². The van der Waals surface area contributed by atoms with Gasteiger partial charge in [-0.15, -0.1) is 0 Å². The number of amides is 1. The smallest absolute Gasteiger partial charge is 0.251 e. The normalized spacial score (nSPS) is 11.7. The van der Waals surface area contributed by atoms with Gasteiger partial charge in [-0.3, -0.25) is 9.48 Å². The molecule has 0 saturated heterocycles. The lowest BCUT2D eigenvalue weighted by molar-refractivity contribution is 0.0952. The first-order valence-corrected chi connectivity index (χ1v) is 9.66. The van der Waals surface area contributed by atoms with Gasteiger partial charge in [-0.1, -0.05) is 0 Å². The summed E-state index contributed by atoms with van der Waals surface area (Å²) in [6.45, 7) is 6.73. The Hall–Kier alpha value is -2.19. The number of hydrogen-bond acceptors (Lipinski definition) is 4. The van der Waals surface area contributed by atoms with Crippen LogP contribution in [0.3, 0.4) is 0 Å². The lowest BCUT2D eigenvalue weighted by Crippen LogP contribution is -2.30. The maximum absolute atomic E-state index is 12.1. The van der Waals surface area contributed by atoms with Gasteiger partial charge in [0.2, 0.25) is 10.0 Å². The molecule has 7 nitrogen and oxygen atoms in total. The van der Waals surface area contributed by atoms with Crippen molar-refractivity contribution in [3.8, 4) is 0 Å².